The fourth-order valence-corrected chi connectivity index (χ4v) is 9.50. The number of carboxylic acid groups (broad SMARTS) is 1. The molecule has 0 radical (unpaired) electrons. The highest BCUT2D eigenvalue weighted by atomic mass is 16.7. The van der Waals surface area contributed by atoms with Gasteiger partial charge < -0.3 is 33.3 Å². The zero-order valence-electron chi connectivity index (χ0n) is 58.6. The fourth-order valence-electron chi connectivity index (χ4n) is 9.50. The van der Waals surface area contributed by atoms with Gasteiger partial charge >= 0.3 is 11.9 Å². The minimum absolute atomic E-state index is 0.137. The molecule has 2 atom stereocenters. The number of carboxylic acids is 1. The molecule has 514 valence electrons. The highest BCUT2D eigenvalue weighted by Gasteiger charge is 2.22. The van der Waals surface area contributed by atoms with Gasteiger partial charge in [-0.2, -0.15) is 0 Å². The molecule has 0 aromatic rings. The summed E-state index contributed by atoms with van der Waals surface area (Å²) in [5.74, 6) is -2.31. The molecule has 0 fully saturated rings. The number of quaternary nitrogens is 1. The summed E-state index contributed by atoms with van der Waals surface area (Å²) in [6, 6.07) is 0. The van der Waals surface area contributed by atoms with E-state index in [0.29, 0.717) is 17.4 Å². The summed E-state index contributed by atoms with van der Waals surface area (Å²) < 4.78 is 22.8. The summed E-state index contributed by atoms with van der Waals surface area (Å²) in [5, 5.41) is 11.8. The molecule has 0 aromatic carbocycles. The molecule has 0 aliphatic carbocycles. The van der Waals surface area contributed by atoms with Crippen LogP contribution in [0.1, 0.15) is 271 Å². The van der Waals surface area contributed by atoms with E-state index in [9.17, 15) is 19.5 Å². The van der Waals surface area contributed by atoms with E-state index in [1.54, 1.807) is 0 Å². The average molecular weight is 1260 g/mol. The standard InChI is InChI=1S/C82H133NO8/c1-6-8-10-12-14-16-18-20-22-24-26-28-30-32-34-36-38-39-40-41-43-45-47-49-51-53-55-57-59-61-63-65-67-69-71-73-80(85)91-78(77-90-82(81(86)87)88-75-74-83(3,4)5)76-89-79(84)72-70-68-66-64-62-60-58-56-54-52-50-48-46-44-42-37-35-33-31-29-27-25-23-21-19-17-15-13-11-9-7-2/h8-11,14-17,20-23,26-29,32-35,38-39,41,43,47,49,53,55,78,82H,6-7,12-13,18-19,24-25,30-31,36-37,40,42,44-46,48,50-52,54,56-77H2,1-5H3/b10-8-,11-9-,16-14-,17-15-,22-20-,23-21-,28-26-,29-27-,34-32-,35-33-,39-38-,43-41-,49-47-,55-53-. The zero-order chi connectivity index (χ0) is 66.1. The van der Waals surface area contributed by atoms with E-state index in [-0.39, 0.29) is 38.6 Å². The molecule has 0 N–H and O–H groups in total. The third-order valence-electron chi connectivity index (χ3n) is 15.0. The van der Waals surface area contributed by atoms with Gasteiger partial charge in [-0.15, -0.1) is 0 Å². The summed E-state index contributed by atoms with van der Waals surface area (Å²) >= 11 is 0. The second kappa shape index (κ2) is 70.5. The molecule has 0 saturated carbocycles. The minimum atomic E-state index is -1.64. The Balaban J connectivity index is 4.18. The number of hydrogen-bond donors (Lipinski definition) is 0. The van der Waals surface area contributed by atoms with Crippen LogP contribution in [0.25, 0.3) is 0 Å². The first kappa shape index (κ1) is 85.7. The number of carbonyl (C=O) groups excluding carboxylic acids is 3. The molecule has 0 saturated heterocycles. The summed E-state index contributed by atoms with van der Waals surface area (Å²) in [7, 11) is 5.92. The van der Waals surface area contributed by atoms with Crippen molar-refractivity contribution in [2.45, 2.75) is 283 Å². The van der Waals surface area contributed by atoms with Gasteiger partial charge in [-0.05, 0) is 128 Å². The van der Waals surface area contributed by atoms with Gasteiger partial charge in [-0.3, -0.25) is 9.59 Å². The van der Waals surface area contributed by atoms with E-state index in [1.807, 2.05) is 21.1 Å². The van der Waals surface area contributed by atoms with Gasteiger partial charge in [0.2, 0.25) is 0 Å². The predicted molar refractivity (Wildman–Crippen MR) is 388 cm³/mol. The van der Waals surface area contributed by atoms with Crippen molar-refractivity contribution >= 4 is 17.9 Å². The number of hydrogen-bond acceptors (Lipinski definition) is 8. The van der Waals surface area contributed by atoms with Crippen molar-refractivity contribution in [3.63, 3.8) is 0 Å². The van der Waals surface area contributed by atoms with E-state index in [0.717, 1.165) is 135 Å². The van der Waals surface area contributed by atoms with Crippen LogP contribution in [0.5, 0.6) is 0 Å². The van der Waals surface area contributed by atoms with Crippen molar-refractivity contribution in [1.29, 1.82) is 0 Å². The zero-order valence-corrected chi connectivity index (χ0v) is 58.6. The molecule has 91 heavy (non-hydrogen) atoms. The number of esters is 2. The normalized spacial score (nSPS) is 13.7. The van der Waals surface area contributed by atoms with Crippen LogP contribution in [0.4, 0.5) is 0 Å². The Bertz CT molecular complexity index is 2100. The van der Waals surface area contributed by atoms with Gasteiger partial charge in [0.05, 0.1) is 40.3 Å². The molecule has 9 heteroatoms. The van der Waals surface area contributed by atoms with Crippen molar-refractivity contribution in [3.05, 3.63) is 170 Å². The Morgan fingerprint density at radius 1 is 0.330 bits per heavy atom. The average Bonchev–Trinajstić information content (AvgIpc) is 3.46. The van der Waals surface area contributed by atoms with Gasteiger partial charge in [-0.1, -0.05) is 300 Å². The van der Waals surface area contributed by atoms with Crippen LogP contribution in [-0.4, -0.2) is 82.3 Å². The SMILES string of the molecule is CC/C=C\C/C=C\C/C=C\C/C=C\C/C=C\C/C=C\C/C=C\C/C=C\C/C=C\CCCCCCCCCC(=O)OC(COC(=O)CCCCCCCCCCCCCCCCC/C=C\C/C=C\C/C=C\C/C=C\C/C=C\CC)COC(OCC[N+](C)(C)C)C(=O)[O-]. The predicted octanol–water partition coefficient (Wildman–Crippen LogP) is 21.7. The van der Waals surface area contributed by atoms with Crippen molar-refractivity contribution in [2.75, 3.05) is 47.5 Å². The summed E-state index contributed by atoms with van der Waals surface area (Å²) in [6.45, 7) is 4.50. The first-order valence-corrected chi connectivity index (χ1v) is 36.3. The van der Waals surface area contributed by atoms with Gasteiger partial charge in [0.25, 0.3) is 0 Å². The number of allylic oxidation sites excluding steroid dienone is 28. The molecule has 0 amide bonds. The number of aliphatic carboxylic acids is 1. The highest BCUT2D eigenvalue weighted by molar-refractivity contribution is 5.70. The van der Waals surface area contributed by atoms with E-state index in [4.69, 9.17) is 18.9 Å². The Morgan fingerprint density at radius 3 is 0.879 bits per heavy atom. The number of carbonyl (C=O) groups is 3. The Kier molecular flexibility index (Phi) is 66.4. The van der Waals surface area contributed by atoms with Crippen LogP contribution in [0.15, 0.2) is 170 Å². The molecule has 9 nitrogen and oxygen atoms in total. The second-order valence-corrected chi connectivity index (χ2v) is 24.8. The van der Waals surface area contributed by atoms with Crippen molar-refractivity contribution in [1.82, 2.24) is 0 Å². The lowest BCUT2D eigenvalue weighted by atomic mass is 10.0. The summed E-state index contributed by atoms with van der Waals surface area (Å²) in [5.41, 5.74) is 0. The van der Waals surface area contributed by atoms with E-state index in [1.165, 1.54) is 103 Å². The second-order valence-electron chi connectivity index (χ2n) is 24.8. The number of likely N-dealkylation sites (N-methyl/N-ethyl adjacent to an activating group) is 1. The molecule has 0 spiro atoms. The summed E-state index contributed by atoms with van der Waals surface area (Å²) in [4.78, 5) is 37.5. The third-order valence-corrected chi connectivity index (χ3v) is 15.0. The number of unbranched alkanes of at least 4 members (excludes halogenated alkanes) is 22. The van der Waals surface area contributed by atoms with Gasteiger partial charge in [0.15, 0.2) is 12.4 Å². The molecule has 0 aliphatic heterocycles. The molecule has 0 bridgehead atoms. The van der Waals surface area contributed by atoms with Crippen LogP contribution in [0.2, 0.25) is 0 Å². The molecule has 0 heterocycles. The first-order chi connectivity index (χ1) is 44.6. The van der Waals surface area contributed by atoms with Crippen molar-refractivity contribution < 1.29 is 42.9 Å². The molecule has 0 rings (SSSR count). The van der Waals surface area contributed by atoms with E-state index < -0.39 is 24.3 Å². The summed E-state index contributed by atoms with van der Waals surface area (Å²) in [6.07, 6.45) is 103. The van der Waals surface area contributed by atoms with Crippen LogP contribution >= 0.6 is 0 Å². The van der Waals surface area contributed by atoms with Crippen LogP contribution in [-0.2, 0) is 33.3 Å². The third kappa shape index (κ3) is 71.9. The number of ether oxygens (including phenoxy) is 4. The van der Waals surface area contributed by atoms with Gasteiger partial charge in [0.1, 0.15) is 13.2 Å². The minimum Gasteiger partial charge on any atom is -0.545 e. The lowest BCUT2D eigenvalue weighted by molar-refractivity contribution is -0.870. The van der Waals surface area contributed by atoms with Gasteiger partial charge in [0, 0.05) is 12.8 Å². The fraction of sp³-hybridized carbons (Fsp3) is 0.622. The van der Waals surface area contributed by atoms with Crippen LogP contribution in [0.3, 0.4) is 0 Å². The Hall–Kier alpha value is -5.35. The lowest BCUT2D eigenvalue weighted by Gasteiger charge is -2.26. The molecular formula is C82H133NO8. The molecule has 0 aromatic heterocycles. The van der Waals surface area contributed by atoms with Crippen molar-refractivity contribution in [2.24, 2.45) is 0 Å². The van der Waals surface area contributed by atoms with Crippen LogP contribution in [0, 0.1) is 0 Å². The maximum absolute atomic E-state index is 12.9. The maximum Gasteiger partial charge on any atom is 0.306 e. The monoisotopic (exact) mass is 1260 g/mol. The molecule has 2 unspecified atom stereocenters. The Morgan fingerprint density at radius 2 is 0.593 bits per heavy atom. The number of nitrogens with zero attached hydrogens (tertiary/aromatic N) is 1. The van der Waals surface area contributed by atoms with E-state index in [2.05, 4.69) is 184 Å². The molecular weight excluding hydrogens is 1130 g/mol. The molecule has 0 aliphatic rings. The largest absolute Gasteiger partial charge is 0.545 e. The Labute approximate surface area is 558 Å². The first-order valence-electron chi connectivity index (χ1n) is 36.3. The lowest BCUT2D eigenvalue weighted by Crippen LogP contribution is -2.44. The smallest absolute Gasteiger partial charge is 0.306 e. The van der Waals surface area contributed by atoms with Gasteiger partial charge in [-0.25, -0.2) is 0 Å². The highest BCUT2D eigenvalue weighted by Crippen LogP contribution is 2.16. The van der Waals surface area contributed by atoms with Crippen LogP contribution < -0.4 is 5.11 Å². The number of rotatable bonds is 65. The maximum atomic E-state index is 12.9. The van der Waals surface area contributed by atoms with Crippen molar-refractivity contribution in [3.8, 4) is 0 Å². The topological polar surface area (TPSA) is 111 Å². The van der Waals surface area contributed by atoms with E-state index >= 15 is 0 Å². The quantitative estimate of drug-likeness (QED) is 0.0195.